The Morgan fingerprint density at radius 3 is 2.68 bits per heavy atom. The van der Waals surface area contributed by atoms with Crippen molar-refractivity contribution in [3.63, 3.8) is 0 Å². The van der Waals surface area contributed by atoms with Crippen LogP contribution in [0.1, 0.15) is 11.8 Å². The number of fused-ring (bicyclic) bond motifs is 1. The molecule has 0 amide bonds. The quantitative estimate of drug-likeness (QED) is 0.343. The van der Waals surface area contributed by atoms with Gasteiger partial charge in [0.05, 0.1) is 19.5 Å². The number of anilines is 1. The summed E-state index contributed by atoms with van der Waals surface area (Å²) in [7, 11) is 0. The van der Waals surface area contributed by atoms with E-state index in [0.717, 1.165) is 5.56 Å². The zero-order chi connectivity index (χ0) is 19.7. The van der Waals surface area contributed by atoms with Crippen molar-refractivity contribution < 1.29 is 24.9 Å². The second-order valence-electron chi connectivity index (χ2n) is 6.27. The molecule has 4 atom stereocenters. The predicted octanol–water partition coefficient (Wildman–Crippen LogP) is 0.635. The molecule has 4 rings (SSSR count). The first-order chi connectivity index (χ1) is 13.6. The molecule has 1 aliphatic heterocycles. The number of hydrogen-bond donors (Lipinski definition) is 4. The molecule has 0 radical (unpaired) electrons. The average Bonchev–Trinajstić information content (AvgIpc) is 3.24. The molecule has 1 aliphatic rings. The van der Waals surface area contributed by atoms with Gasteiger partial charge in [-0.15, -0.1) is 0 Å². The smallest absolute Gasteiger partial charge is 0.226 e. The molecule has 2 unspecified atom stereocenters. The van der Waals surface area contributed by atoms with Crippen LogP contribution in [0.3, 0.4) is 0 Å². The first kappa shape index (κ1) is 19.0. The van der Waals surface area contributed by atoms with Crippen LogP contribution in [0.15, 0.2) is 36.7 Å². The maximum atomic E-state index is 10.2. The summed E-state index contributed by atoms with van der Waals surface area (Å²) < 4.78 is 6.95. The molecule has 0 aliphatic carbocycles. The summed E-state index contributed by atoms with van der Waals surface area (Å²) in [6, 6.07) is 9.55. The van der Waals surface area contributed by atoms with E-state index >= 15 is 0 Å². The highest BCUT2D eigenvalue weighted by Gasteiger charge is 2.44. The summed E-state index contributed by atoms with van der Waals surface area (Å²) in [6.45, 7) is -0.142. The molecular formula is C17H18ClN5O5. The first-order valence-electron chi connectivity index (χ1n) is 8.52. The summed E-state index contributed by atoms with van der Waals surface area (Å²) >= 11 is 6.02. The molecule has 10 nitrogen and oxygen atoms in total. The summed E-state index contributed by atoms with van der Waals surface area (Å²) in [5.41, 5.74) is 4.30. The van der Waals surface area contributed by atoms with Crippen LogP contribution in [0.4, 0.5) is 5.82 Å². The monoisotopic (exact) mass is 407 g/mol. The van der Waals surface area contributed by atoms with Gasteiger partial charge in [0, 0.05) is 0 Å². The van der Waals surface area contributed by atoms with Crippen molar-refractivity contribution in [2.24, 2.45) is 0 Å². The molecule has 0 saturated carbocycles. The van der Waals surface area contributed by atoms with E-state index in [4.69, 9.17) is 21.2 Å². The number of nitrogens with one attached hydrogen (secondary N) is 1. The zero-order valence-corrected chi connectivity index (χ0v) is 15.3. The summed E-state index contributed by atoms with van der Waals surface area (Å²) in [6.07, 6.45) is -3.02. The van der Waals surface area contributed by atoms with Gasteiger partial charge in [0.15, 0.2) is 23.2 Å². The van der Waals surface area contributed by atoms with Crippen LogP contribution in [-0.4, -0.2) is 59.8 Å². The van der Waals surface area contributed by atoms with Crippen LogP contribution in [0.2, 0.25) is 5.28 Å². The van der Waals surface area contributed by atoms with Gasteiger partial charge in [-0.2, -0.15) is 9.97 Å². The van der Waals surface area contributed by atoms with Crippen LogP contribution in [0, 0.1) is 0 Å². The lowest BCUT2D eigenvalue weighted by atomic mass is 10.1. The number of nitrogens with zero attached hydrogens (tertiary/aromatic N) is 4. The molecule has 148 valence electrons. The SMILES string of the molecule is OC[C@H]1O[C@@H](n2cnc3c(NOCc4ccccc4)nc(Cl)nc32)C(O)C1O. The number of aromatic nitrogens is 4. The highest BCUT2D eigenvalue weighted by molar-refractivity contribution is 6.28. The Morgan fingerprint density at radius 2 is 1.96 bits per heavy atom. The van der Waals surface area contributed by atoms with E-state index in [1.807, 2.05) is 30.3 Å². The van der Waals surface area contributed by atoms with Gasteiger partial charge in [-0.1, -0.05) is 30.3 Å². The second kappa shape index (κ2) is 7.95. The lowest BCUT2D eigenvalue weighted by Crippen LogP contribution is -2.33. The van der Waals surface area contributed by atoms with Crippen LogP contribution in [-0.2, 0) is 16.2 Å². The number of aliphatic hydroxyl groups is 3. The number of imidazole rings is 1. The van der Waals surface area contributed by atoms with Crippen molar-refractivity contribution in [1.29, 1.82) is 0 Å². The maximum absolute atomic E-state index is 10.2. The Balaban J connectivity index is 1.58. The van der Waals surface area contributed by atoms with Crippen molar-refractivity contribution in [2.45, 2.75) is 31.1 Å². The van der Waals surface area contributed by atoms with Gasteiger partial charge in [-0.25, -0.2) is 10.5 Å². The van der Waals surface area contributed by atoms with Crippen molar-refractivity contribution in [1.82, 2.24) is 19.5 Å². The normalized spacial score (nSPS) is 24.7. The molecule has 3 aromatic rings. The van der Waals surface area contributed by atoms with Gasteiger partial charge in [0.1, 0.15) is 18.3 Å². The molecule has 0 spiro atoms. The number of hydrogen-bond acceptors (Lipinski definition) is 9. The van der Waals surface area contributed by atoms with Gasteiger partial charge < -0.3 is 20.1 Å². The highest BCUT2D eigenvalue weighted by atomic mass is 35.5. The minimum absolute atomic E-state index is 0.0631. The number of benzene rings is 1. The minimum Gasteiger partial charge on any atom is -0.394 e. The topological polar surface area (TPSA) is 135 Å². The third-order valence-corrected chi connectivity index (χ3v) is 4.60. The molecule has 4 N–H and O–H groups in total. The maximum Gasteiger partial charge on any atom is 0.226 e. The van der Waals surface area contributed by atoms with Crippen LogP contribution >= 0.6 is 11.6 Å². The van der Waals surface area contributed by atoms with Crippen LogP contribution in [0.25, 0.3) is 11.2 Å². The molecule has 1 saturated heterocycles. The lowest BCUT2D eigenvalue weighted by Gasteiger charge is -2.16. The Labute approximate surface area is 164 Å². The van der Waals surface area contributed by atoms with E-state index < -0.39 is 31.1 Å². The Hall–Kier alpha value is -2.34. The van der Waals surface area contributed by atoms with E-state index in [-0.39, 0.29) is 16.7 Å². The standard InChI is InChI=1S/C17H18ClN5O5/c18-17-20-14(22-27-7-9-4-2-1-3-5-9)11-15(21-17)23(8-19-11)16-13(26)12(25)10(6-24)28-16/h1-5,8,10,12-13,16,24-26H,6-7H2,(H,20,21,22)/t10-,12?,13?,16-/m1/s1. The van der Waals surface area contributed by atoms with E-state index in [1.165, 1.54) is 10.9 Å². The van der Waals surface area contributed by atoms with E-state index in [1.54, 1.807) is 0 Å². The first-order valence-corrected chi connectivity index (χ1v) is 8.90. The molecule has 11 heteroatoms. The lowest BCUT2D eigenvalue weighted by molar-refractivity contribution is -0.0511. The number of aliphatic hydroxyl groups excluding tert-OH is 3. The largest absolute Gasteiger partial charge is 0.394 e. The predicted molar refractivity (Wildman–Crippen MR) is 98.2 cm³/mol. The zero-order valence-electron chi connectivity index (χ0n) is 14.5. The van der Waals surface area contributed by atoms with Gasteiger partial charge in [-0.3, -0.25) is 9.40 Å². The summed E-state index contributed by atoms with van der Waals surface area (Å²) in [5.74, 6) is 0.247. The van der Waals surface area contributed by atoms with Gasteiger partial charge in [0.2, 0.25) is 5.28 Å². The fourth-order valence-electron chi connectivity index (χ4n) is 3.02. The third-order valence-electron chi connectivity index (χ3n) is 4.44. The Kier molecular flexibility index (Phi) is 5.40. The van der Waals surface area contributed by atoms with Crippen molar-refractivity contribution >= 4 is 28.6 Å². The fraction of sp³-hybridized carbons (Fsp3) is 0.353. The van der Waals surface area contributed by atoms with Gasteiger partial charge in [0.25, 0.3) is 0 Å². The summed E-state index contributed by atoms with van der Waals surface area (Å²) in [4.78, 5) is 17.9. The second-order valence-corrected chi connectivity index (χ2v) is 6.61. The minimum atomic E-state index is -1.27. The number of halogens is 1. The van der Waals surface area contributed by atoms with E-state index in [0.29, 0.717) is 12.1 Å². The molecule has 3 heterocycles. The molecule has 1 fully saturated rings. The number of ether oxygens (including phenoxy) is 1. The van der Waals surface area contributed by atoms with E-state index in [2.05, 4.69) is 20.4 Å². The fourth-order valence-corrected chi connectivity index (χ4v) is 3.18. The Morgan fingerprint density at radius 1 is 1.18 bits per heavy atom. The molecule has 1 aromatic carbocycles. The van der Waals surface area contributed by atoms with E-state index in [9.17, 15) is 15.3 Å². The third kappa shape index (κ3) is 3.53. The highest BCUT2D eigenvalue weighted by Crippen LogP contribution is 2.32. The van der Waals surface area contributed by atoms with Gasteiger partial charge in [-0.05, 0) is 17.2 Å². The molecular weight excluding hydrogens is 390 g/mol. The Bertz CT molecular complexity index is 956. The molecule has 0 bridgehead atoms. The summed E-state index contributed by atoms with van der Waals surface area (Å²) in [5, 5.41) is 29.4. The van der Waals surface area contributed by atoms with Crippen LogP contribution in [0.5, 0.6) is 0 Å². The van der Waals surface area contributed by atoms with Crippen molar-refractivity contribution in [3.8, 4) is 0 Å². The van der Waals surface area contributed by atoms with Crippen molar-refractivity contribution in [2.75, 3.05) is 12.1 Å². The average molecular weight is 408 g/mol. The van der Waals surface area contributed by atoms with Crippen molar-refractivity contribution in [3.05, 3.63) is 47.5 Å². The molecule has 28 heavy (non-hydrogen) atoms. The number of rotatable bonds is 6. The molecule has 2 aromatic heterocycles. The van der Waals surface area contributed by atoms with Gasteiger partial charge >= 0.3 is 0 Å². The van der Waals surface area contributed by atoms with Crippen LogP contribution < -0.4 is 5.48 Å².